The molecule has 0 aliphatic carbocycles. The number of amides is 2. The van der Waals surface area contributed by atoms with Crippen molar-refractivity contribution in [3.63, 3.8) is 0 Å². The van der Waals surface area contributed by atoms with Crippen LogP contribution in [-0.2, 0) is 58.6 Å². The summed E-state index contributed by atoms with van der Waals surface area (Å²) in [5, 5.41) is 105. The van der Waals surface area contributed by atoms with Gasteiger partial charge in [-0.15, -0.1) is 58.3 Å². The van der Waals surface area contributed by atoms with E-state index >= 15 is 0 Å². The molecular formula is C76H84ClN21O18. The summed E-state index contributed by atoms with van der Waals surface area (Å²) in [6, 6.07) is 37.5. The summed E-state index contributed by atoms with van der Waals surface area (Å²) < 4.78 is 91.5. The maximum absolute atomic E-state index is 12.1. The van der Waals surface area contributed by atoms with E-state index in [-0.39, 0.29) is 116 Å². The van der Waals surface area contributed by atoms with E-state index in [0.29, 0.717) is 134 Å². The van der Waals surface area contributed by atoms with Gasteiger partial charge in [-0.05, 0) is 93.1 Å². The Kier molecular flexibility index (Phi) is 25.9. The van der Waals surface area contributed by atoms with Gasteiger partial charge in [0, 0.05) is 112 Å². The van der Waals surface area contributed by atoms with Crippen molar-refractivity contribution in [1.29, 1.82) is 0 Å². The number of nitrogens with two attached hydrogens (primary N) is 1. The van der Waals surface area contributed by atoms with Crippen molar-refractivity contribution in [2.45, 2.75) is 90.7 Å². The van der Waals surface area contributed by atoms with Crippen molar-refractivity contribution < 1.29 is 97.0 Å². The summed E-state index contributed by atoms with van der Waals surface area (Å²) in [5.74, 6) is 1.86. The fourth-order valence-corrected chi connectivity index (χ4v) is 11.8. The smallest absolute Gasteiger partial charge is 0.337 e. The number of nitrogens with one attached hydrogen (secondary N) is 2. The molecule has 2 fully saturated rings. The van der Waals surface area contributed by atoms with Gasteiger partial charge in [0.2, 0.25) is 35.1 Å². The van der Waals surface area contributed by atoms with Crippen LogP contribution < -0.4 is 30.6 Å². The summed E-state index contributed by atoms with van der Waals surface area (Å²) in [5.41, 5.74) is 10.3. The van der Waals surface area contributed by atoms with Crippen LogP contribution in [0.5, 0.6) is 17.6 Å². The number of carbonyl (C=O) groups excluding carboxylic acids is 2. The first-order chi connectivity index (χ1) is 59.4. The number of hydrogen-bond acceptors (Lipinski definition) is 33. The van der Waals surface area contributed by atoms with Gasteiger partial charge in [0.15, 0.2) is 63.9 Å². The first-order valence-corrected chi connectivity index (χ1v) is 36.4. The number of carboxylic acids is 1. The molecule has 40 heteroatoms. The molecule has 2 unspecified atom stereocenters. The summed E-state index contributed by atoms with van der Waals surface area (Å²) in [7, 11) is 0. The van der Waals surface area contributed by atoms with E-state index in [1.165, 1.54) is 29.2 Å². The fraction of sp³-hybridized carbons (Fsp3) is 0.289. The summed E-state index contributed by atoms with van der Waals surface area (Å²) in [4.78, 5) is 47.9. The zero-order chi connectivity index (χ0) is 85.4. The minimum Gasteiger partial charge on any atom is -0.478 e. The molecule has 608 valence electrons. The molecule has 12 aromatic heterocycles. The molecule has 3 aromatic carbocycles. The van der Waals surface area contributed by atoms with E-state index in [4.69, 9.17) is 81.8 Å². The second-order valence-electron chi connectivity index (χ2n) is 25.5. The van der Waals surface area contributed by atoms with E-state index in [1.807, 2.05) is 72.8 Å². The number of nitrogens with zero attached hydrogens (tertiary/aromatic N) is 18. The Hall–Kier alpha value is -13.1. The predicted molar refractivity (Wildman–Crippen MR) is 417 cm³/mol. The van der Waals surface area contributed by atoms with E-state index < -0.39 is 5.97 Å². The molecule has 2 aliphatic heterocycles. The van der Waals surface area contributed by atoms with E-state index in [9.17, 15) is 19.5 Å². The van der Waals surface area contributed by atoms with Crippen LogP contribution in [0.15, 0.2) is 160 Å². The van der Waals surface area contributed by atoms with Crippen molar-refractivity contribution in [3.05, 3.63) is 197 Å². The molecule has 0 radical (unpaired) electrons. The van der Waals surface area contributed by atoms with Crippen LogP contribution in [0.3, 0.4) is 0 Å². The second-order valence-corrected chi connectivity index (χ2v) is 25.5. The predicted octanol–water partition coefficient (Wildman–Crippen LogP) is 7.78. The van der Waals surface area contributed by atoms with E-state index in [1.54, 1.807) is 57.6 Å². The number of aliphatic hydroxyl groups is 4. The number of pyridine rings is 3. The highest BCUT2D eigenvalue weighted by atomic mass is 35.5. The standard InChI is InChI=1S/C27H27N7O6.C25H22N6O6.C22H19N7O5.C2H7NO.ClH.4H2/c35-11-10-28-26(36)17-8-9-18(29-14-17)15-39-27-21-6-2-1-5-20(21)24-30-31-25(34(24)32-27)22-13-19(40-33-22)16-38-23-7-3-4-12-37-23;32-25(33)15-8-9-16(26-12-15)13-36-24-19-6-2-1-5-18(19)22-27-28-23(31(22)29-24)20-11-17(37-30-20)14-35-21-7-3-4-10-34-21;30-8-7-23-21(32)13-5-6-14(24-10-13)12-33-22-17-4-2-1-3-16(17)19-25-26-20(29(19)27-22)18-9-15(11-31)34-28-18;3-1-2-4;;;;;/h1-2,5-6,8-9,13-14,23,35H,3-4,7,10-12,15-16H2,(H,28,36);1-2,5-6,8-9,11-12,21H,3-4,7,10,13-14H2,(H,32,33);1-6,9-10,30-31H,7-8,11-12H2,(H,23,32);4H,1-3H2;5*1H/i;;;;;3*1+1D;1+1. The molecule has 0 bridgehead atoms. The molecule has 2 amide bonds. The largest absolute Gasteiger partial charge is 0.478 e. The highest BCUT2D eigenvalue weighted by molar-refractivity contribution is 5.99. The Labute approximate surface area is 672 Å². The average Bonchev–Trinajstić information content (AvgIpc) is 1.62. The normalized spacial score (nSPS) is 14.1. The van der Waals surface area contributed by atoms with E-state index in [0.717, 1.165) is 70.8 Å². The van der Waals surface area contributed by atoms with Gasteiger partial charge < -0.3 is 88.6 Å². The zero-order valence-electron chi connectivity index (χ0n) is 67.7. The van der Waals surface area contributed by atoms with Gasteiger partial charge in [-0.25, -0.2) is 4.79 Å². The molecule has 0 saturated carbocycles. The number of carboxylic acid groups (broad SMARTS) is 1. The molecule has 2 atom stereocenters. The van der Waals surface area contributed by atoms with Crippen LogP contribution in [0, 0.1) is 0 Å². The molecule has 39 nitrogen and oxygen atoms in total. The highest BCUT2D eigenvalue weighted by Crippen LogP contribution is 2.34. The van der Waals surface area contributed by atoms with Crippen molar-refractivity contribution in [2.24, 2.45) is 5.73 Å². The van der Waals surface area contributed by atoms with Gasteiger partial charge in [-0.1, -0.05) is 70.1 Å². The van der Waals surface area contributed by atoms with Gasteiger partial charge in [-0.2, -0.15) is 13.5 Å². The van der Waals surface area contributed by atoms with E-state index in [2.05, 4.69) is 86.9 Å². The van der Waals surface area contributed by atoms with Gasteiger partial charge in [0.25, 0.3) is 11.8 Å². The lowest BCUT2D eigenvalue weighted by Gasteiger charge is -2.21. The van der Waals surface area contributed by atoms with Crippen LogP contribution in [0.25, 0.3) is 83.8 Å². The number of rotatable bonds is 27. The van der Waals surface area contributed by atoms with Crippen molar-refractivity contribution in [3.8, 4) is 52.2 Å². The molecule has 15 aromatic rings. The van der Waals surface area contributed by atoms with Crippen molar-refractivity contribution >= 4 is 79.4 Å². The SMILES string of the molecule is Cl.NCCO.O=C(NCCO)c1ccc(COc2nn3c(-c4cc(CO)on4)nnc3c3ccccc23)nc1.O=C(NCCO)c1ccc(COc2nn3c(-c4cc(COC5CCCCO5)on4)nnc3c3ccccc23)nc1.O=C(O)c1ccc(COc2nn3c(-c4cc(COC5CCCCO5)on4)nnc3c3ccccc23)nc1.[2HH].[2H][2H].[2H][2H].[2H][2H]. The zero-order valence-corrected chi connectivity index (χ0v) is 62.5. The molecule has 2 aliphatic rings. The van der Waals surface area contributed by atoms with Crippen LogP contribution in [0.1, 0.15) is 114 Å². The van der Waals surface area contributed by atoms with Crippen LogP contribution in [0.2, 0.25) is 0 Å². The Morgan fingerprint density at radius 2 is 0.819 bits per heavy atom. The number of aromatic nitrogens is 18. The Morgan fingerprint density at radius 3 is 1.13 bits per heavy atom. The molecule has 0 spiro atoms. The summed E-state index contributed by atoms with van der Waals surface area (Å²) in [6.07, 6.45) is 9.69. The monoisotopic (exact) mass is 1620 g/mol. The van der Waals surface area contributed by atoms with Crippen LogP contribution >= 0.6 is 12.4 Å². The Morgan fingerprint density at radius 1 is 0.466 bits per heavy atom. The number of benzene rings is 3. The molecule has 14 heterocycles. The lowest BCUT2D eigenvalue weighted by Crippen LogP contribution is -2.26. The number of ether oxygens (including phenoxy) is 7. The minimum absolute atomic E-state index is 0. The maximum Gasteiger partial charge on any atom is 0.337 e. The second kappa shape index (κ2) is 39.1. The first kappa shape index (κ1) is 76.9. The fourth-order valence-electron chi connectivity index (χ4n) is 11.8. The van der Waals surface area contributed by atoms with Gasteiger partial charge in [-0.3, -0.25) is 24.5 Å². The highest BCUT2D eigenvalue weighted by Gasteiger charge is 2.26. The number of halogens is 1. The van der Waals surface area contributed by atoms with Crippen LogP contribution in [-0.4, -0.2) is 198 Å². The number of carbonyl (C=O) groups is 3. The molecular weight excluding hydrogens is 1530 g/mol. The summed E-state index contributed by atoms with van der Waals surface area (Å²) in [6.45, 7) is 2.44. The number of hydrogen-bond donors (Lipinski definition) is 8. The third kappa shape index (κ3) is 19.4. The topological polar surface area (TPSA) is 513 Å². The quantitative estimate of drug-likeness (QED) is 0.0243. The number of aromatic carboxylic acids is 1. The molecule has 116 heavy (non-hydrogen) atoms. The average molecular weight is 1620 g/mol. The molecule has 17 rings (SSSR count). The number of aliphatic hydroxyl groups excluding tert-OH is 4. The van der Waals surface area contributed by atoms with Crippen molar-refractivity contribution in [1.82, 2.24) is 100 Å². The van der Waals surface area contributed by atoms with Gasteiger partial charge >= 0.3 is 5.97 Å². The van der Waals surface area contributed by atoms with Crippen LogP contribution in [0.4, 0.5) is 0 Å². The minimum atomic E-state index is -1.04. The van der Waals surface area contributed by atoms with Gasteiger partial charge in [0.1, 0.15) is 39.6 Å². The number of fused-ring (bicyclic) bond motifs is 9. The molecule has 2 saturated heterocycles. The lowest BCUT2D eigenvalue weighted by atomic mass is 10.2. The maximum atomic E-state index is 12.1. The van der Waals surface area contributed by atoms with Gasteiger partial charge in [0.05, 0.1) is 53.6 Å². The molecule has 9 N–H and O–H groups in total. The lowest BCUT2D eigenvalue weighted by molar-refractivity contribution is -0.171. The Balaban J connectivity index is 0.000000197. The third-order valence-corrected chi connectivity index (χ3v) is 17.5. The van der Waals surface area contributed by atoms with Crippen molar-refractivity contribution in [2.75, 3.05) is 52.7 Å². The summed E-state index contributed by atoms with van der Waals surface area (Å²) >= 11 is 0. The first-order valence-electron chi connectivity index (χ1n) is 39.4. The third-order valence-electron chi connectivity index (χ3n) is 17.5. The Bertz CT molecular complexity index is 5830.